The van der Waals surface area contributed by atoms with E-state index in [9.17, 15) is 9.59 Å². The van der Waals surface area contributed by atoms with E-state index in [-0.39, 0.29) is 5.91 Å². The lowest BCUT2D eigenvalue weighted by molar-refractivity contribution is 0.0606. The van der Waals surface area contributed by atoms with Crippen molar-refractivity contribution in [2.24, 2.45) is 0 Å². The van der Waals surface area contributed by atoms with Crippen LogP contribution in [-0.4, -0.2) is 25.1 Å². The highest BCUT2D eigenvalue weighted by molar-refractivity contribution is 7.18. The van der Waals surface area contributed by atoms with Gasteiger partial charge in [0.2, 0.25) is 0 Å². The first-order chi connectivity index (χ1) is 11.7. The Labute approximate surface area is 144 Å². The largest absolute Gasteiger partial charge is 0.490 e. The lowest BCUT2D eigenvalue weighted by Crippen LogP contribution is -2.12. The number of nitrogens with one attached hydrogen (secondary N) is 1. The molecular weight excluding hydrogens is 326 g/mol. The fraction of sp³-hybridized carbons (Fsp3) is 0.333. The summed E-state index contributed by atoms with van der Waals surface area (Å²) in [5, 5.41) is 3.38. The van der Waals surface area contributed by atoms with E-state index in [1.165, 1.54) is 31.3 Å². The maximum Gasteiger partial charge on any atom is 0.348 e. The van der Waals surface area contributed by atoms with Crippen LogP contribution in [0.3, 0.4) is 0 Å². The summed E-state index contributed by atoms with van der Waals surface area (Å²) in [4.78, 5) is 24.1. The van der Waals surface area contributed by atoms with Crippen LogP contribution in [0.1, 0.15) is 45.7 Å². The van der Waals surface area contributed by atoms with Crippen LogP contribution in [0, 0.1) is 0 Å². The zero-order valence-electron chi connectivity index (χ0n) is 13.4. The van der Waals surface area contributed by atoms with Gasteiger partial charge >= 0.3 is 5.97 Å². The Balaban J connectivity index is 1.60. The monoisotopic (exact) mass is 345 g/mol. The highest BCUT2D eigenvalue weighted by Crippen LogP contribution is 2.25. The molecule has 24 heavy (non-hydrogen) atoms. The van der Waals surface area contributed by atoms with Gasteiger partial charge in [-0.05, 0) is 62.1 Å². The molecule has 1 aliphatic carbocycles. The van der Waals surface area contributed by atoms with Crippen molar-refractivity contribution in [1.29, 1.82) is 0 Å². The number of methoxy groups -OCH3 is 1. The Hall–Kier alpha value is -2.34. The normalized spacial score (nSPS) is 14.4. The van der Waals surface area contributed by atoms with E-state index in [0.29, 0.717) is 21.5 Å². The first-order valence-corrected chi connectivity index (χ1v) is 8.73. The molecule has 6 heteroatoms. The molecule has 1 amide bonds. The number of carbonyl (C=O) groups excluding carboxylic acids is 2. The van der Waals surface area contributed by atoms with E-state index in [1.807, 2.05) is 12.1 Å². The van der Waals surface area contributed by atoms with Crippen molar-refractivity contribution in [3.05, 3.63) is 46.8 Å². The molecule has 1 fully saturated rings. The van der Waals surface area contributed by atoms with E-state index in [0.717, 1.165) is 18.6 Å². The molecule has 2 aromatic rings. The number of thiophene rings is 1. The van der Waals surface area contributed by atoms with Crippen LogP contribution in [0.15, 0.2) is 36.4 Å². The number of rotatable bonds is 5. The molecule has 0 bridgehead atoms. The lowest BCUT2D eigenvalue weighted by atomic mass is 10.2. The molecule has 0 saturated heterocycles. The quantitative estimate of drug-likeness (QED) is 0.828. The smallest absolute Gasteiger partial charge is 0.348 e. The molecule has 3 rings (SSSR count). The zero-order chi connectivity index (χ0) is 16.9. The molecule has 1 heterocycles. The fourth-order valence-electron chi connectivity index (χ4n) is 2.68. The highest BCUT2D eigenvalue weighted by Gasteiger charge is 2.17. The number of hydrogen-bond acceptors (Lipinski definition) is 5. The first-order valence-electron chi connectivity index (χ1n) is 7.92. The minimum atomic E-state index is -0.408. The van der Waals surface area contributed by atoms with Gasteiger partial charge in [0.25, 0.3) is 5.91 Å². The molecular formula is C18H19NO4S. The van der Waals surface area contributed by atoms with Gasteiger partial charge in [-0.1, -0.05) is 0 Å². The number of anilines is 1. The van der Waals surface area contributed by atoms with Crippen molar-refractivity contribution in [2.75, 3.05) is 12.4 Å². The number of esters is 1. The zero-order valence-corrected chi connectivity index (χ0v) is 14.2. The highest BCUT2D eigenvalue weighted by atomic mass is 32.1. The molecule has 1 aromatic carbocycles. The van der Waals surface area contributed by atoms with Crippen molar-refractivity contribution in [1.82, 2.24) is 0 Å². The number of carbonyl (C=O) groups is 2. The van der Waals surface area contributed by atoms with Crippen LogP contribution in [0.25, 0.3) is 0 Å². The third kappa shape index (κ3) is 3.94. The van der Waals surface area contributed by atoms with Crippen LogP contribution in [0.2, 0.25) is 0 Å². The lowest BCUT2D eigenvalue weighted by Gasteiger charge is -2.13. The summed E-state index contributed by atoms with van der Waals surface area (Å²) in [6.45, 7) is 0. The van der Waals surface area contributed by atoms with Crippen molar-refractivity contribution < 1.29 is 19.1 Å². The van der Waals surface area contributed by atoms with Gasteiger partial charge in [-0.2, -0.15) is 0 Å². The van der Waals surface area contributed by atoms with Crippen molar-refractivity contribution in [3.63, 3.8) is 0 Å². The molecule has 0 unspecified atom stereocenters. The van der Waals surface area contributed by atoms with Crippen molar-refractivity contribution >= 4 is 28.2 Å². The minimum Gasteiger partial charge on any atom is -0.490 e. The molecule has 0 atom stereocenters. The van der Waals surface area contributed by atoms with E-state index in [2.05, 4.69) is 10.1 Å². The molecule has 5 nitrogen and oxygen atoms in total. The summed E-state index contributed by atoms with van der Waals surface area (Å²) in [5.41, 5.74) is 0.543. The second-order valence-corrected chi connectivity index (χ2v) is 6.74. The molecule has 1 saturated carbocycles. The van der Waals surface area contributed by atoms with Crippen molar-refractivity contribution in [3.8, 4) is 5.75 Å². The second-order valence-electron chi connectivity index (χ2n) is 5.66. The maximum absolute atomic E-state index is 12.3. The molecule has 1 N–H and O–H groups in total. The van der Waals surface area contributed by atoms with E-state index in [4.69, 9.17) is 4.74 Å². The molecule has 0 spiro atoms. The molecule has 1 aliphatic rings. The standard InChI is InChI=1S/C18H19NO4S/c1-22-18(21)15-10-11-16(24-15)19-17(20)12-6-8-14(9-7-12)23-13-4-2-3-5-13/h6-11,13H,2-5H2,1H3,(H,19,20). The van der Waals surface area contributed by atoms with Crippen LogP contribution in [0.4, 0.5) is 5.00 Å². The Morgan fingerprint density at radius 2 is 1.79 bits per heavy atom. The number of amides is 1. The van der Waals surface area contributed by atoms with Gasteiger partial charge in [0.1, 0.15) is 10.6 Å². The number of hydrogen-bond donors (Lipinski definition) is 1. The summed E-state index contributed by atoms with van der Waals surface area (Å²) in [6.07, 6.45) is 4.94. The second kappa shape index (κ2) is 7.49. The summed E-state index contributed by atoms with van der Waals surface area (Å²) < 4.78 is 10.5. The summed E-state index contributed by atoms with van der Waals surface area (Å²) in [5.74, 6) is 0.164. The third-order valence-corrected chi connectivity index (χ3v) is 4.93. The van der Waals surface area contributed by atoms with Crippen LogP contribution in [-0.2, 0) is 4.74 Å². The minimum absolute atomic E-state index is 0.222. The van der Waals surface area contributed by atoms with E-state index >= 15 is 0 Å². The van der Waals surface area contributed by atoms with Gasteiger partial charge in [-0.25, -0.2) is 4.79 Å². The van der Waals surface area contributed by atoms with Gasteiger partial charge in [0.05, 0.1) is 18.2 Å². The average molecular weight is 345 g/mol. The topological polar surface area (TPSA) is 64.6 Å². The van der Waals surface area contributed by atoms with Gasteiger partial charge < -0.3 is 14.8 Å². The maximum atomic E-state index is 12.3. The predicted octanol–water partition coefficient (Wildman–Crippen LogP) is 4.11. The van der Waals surface area contributed by atoms with Gasteiger partial charge in [-0.3, -0.25) is 4.79 Å². The summed E-state index contributed by atoms with van der Waals surface area (Å²) in [6, 6.07) is 10.4. The molecule has 126 valence electrons. The molecule has 0 aliphatic heterocycles. The Morgan fingerprint density at radius 1 is 1.08 bits per heavy atom. The number of ether oxygens (including phenoxy) is 2. The van der Waals surface area contributed by atoms with Gasteiger partial charge in [0, 0.05) is 5.56 Å². The van der Waals surface area contributed by atoms with E-state index < -0.39 is 5.97 Å². The Kier molecular flexibility index (Phi) is 5.15. The Bertz CT molecular complexity index is 717. The number of benzene rings is 1. The SMILES string of the molecule is COC(=O)c1ccc(NC(=O)c2ccc(OC3CCCC3)cc2)s1. The molecule has 1 aromatic heterocycles. The van der Waals surface area contributed by atoms with Crippen LogP contribution in [0.5, 0.6) is 5.75 Å². The van der Waals surface area contributed by atoms with Crippen molar-refractivity contribution in [2.45, 2.75) is 31.8 Å². The van der Waals surface area contributed by atoms with Crippen LogP contribution < -0.4 is 10.1 Å². The predicted molar refractivity (Wildman–Crippen MR) is 92.9 cm³/mol. The van der Waals surface area contributed by atoms with Gasteiger partial charge in [0.15, 0.2) is 0 Å². The van der Waals surface area contributed by atoms with Crippen LogP contribution >= 0.6 is 11.3 Å². The molecule has 0 radical (unpaired) electrons. The van der Waals surface area contributed by atoms with Gasteiger partial charge in [-0.15, -0.1) is 11.3 Å². The summed E-state index contributed by atoms with van der Waals surface area (Å²) >= 11 is 1.18. The fourth-order valence-corrected chi connectivity index (χ4v) is 3.50. The first kappa shape index (κ1) is 16.5. The Morgan fingerprint density at radius 3 is 2.46 bits per heavy atom. The van der Waals surface area contributed by atoms with E-state index in [1.54, 1.807) is 24.3 Å². The average Bonchev–Trinajstić information content (AvgIpc) is 3.27. The third-order valence-electron chi connectivity index (χ3n) is 3.95. The summed E-state index contributed by atoms with van der Waals surface area (Å²) in [7, 11) is 1.33.